The van der Waals surface area contributed by atoms with Crippen molar-refractivity contribution in [3.8, 4) is 0 Å². The highest BCUT2D eigenvalue weighted by Crippen LogP contribution is 2.24. The van der Waals surface area contributed by atoms with Gasteiger partial charge in [0.1, 0.15) is 5.56 Å². The number of carbonyl (C=O) groups excluding carboxylic acids is 2. The SMILES string of the molecule is CCOC(=O)c1ccc(NC(=O)c2c(F)c(F)c(F)c(F)c2F)cc1. The normalized spacial score (nSPS) is 10.5. The molecule has 132 valence electrons. The lowest BCUT2D eigenvalue weighted by Crippen LogP contribution is -2.19. The van der Waals surface area contributed by atoms with Gasteiger partial charge < -0.3 is 10.1 Å². The first-order chi connectivity index (χ1) is 11.8. The minimum Gasteiger partial charge on any atom is -0.462 e. The van der Waals surface area contributed by atoms with Gasteiger partial charge in [-0.3, -0.25) is 4.79 Å². The van der Waals surface area contributed by atoms with Crippen molar-refractivity contribution in [3.05, 3.63) is 64.5 Å². The van der Waals surface area contributed by atoms with E-state index in [9.17, 15) is 31.5 Å². The summed E-state index contributed by atoms with van der Waals surface area (Å²) in [5.41, 5.74) is -1.48. The molecule has 9 heteroatoms. The Morgan fingerprint density at radius 3 is 1.84 bits per heavy atom. The number of hydrogen-bond donors (Lipinski definition) is 1. The maximum Gasteiger partial charge on any atom is 0.338 e. The number of ether oxygens (including phenoxy) is 1. The zero-order valence-electron chi connectivity index (χ0n) is 12.6. The molecule has 0 bridgehead atoms. The second kappa shape index (κ2) is 7.29. The van der Waals surface area contributed by atoms with Crippen LogP contribution in [0.4, 0.5) is 27.6 Å². The number of amides is 1. The van der Waals surface area contributed by atoms with Crippen molar-refractivity contribution in [1.82, 2.24) is 0 Å². The number of esters is 1. The molecule has 0 saturated carbocycles. The van der Waals surface area contributed by atoms with Crippen LogP contribution >= 0.6 is 0 Å². The average molecular weight is 359 g/mol. The lowest BCUT2D eigenvalue weighted by atomic mass is 10.1. The van der Waals surface area contributed by atoms with Gasteiger partial charge in [0.2, 0.25) is 5.82 Å². The molecule has 2 aromatic carbocycles. The molecule has 0 aliphatic rings. The molecule has 1 N–H and O–H groups in total. The topological polar surface area (TPSA) is 55.4 Å². The van der Waals surface area contributed by atoms with Crippen LogP contribution in [-0.2, 0) is 4.74 Å². The summed E-state index contributed by atoms with van der Waals surface area (Å²) in [5.74, 6) is -13.4. The zero-order chi connectivity index (χ0) is 18.7. The lowest BCUT2D eigenvalue weighted by molar-refractivity contribution is 0.0526. The molecule has 2 aromatic rings. The molecule has 25 heavy (non-hydrogen) atoms. The molecule has 0 spiro atoms. The van der Waals surface area contributed by atoms with Crippen LogP contribution < -0.4 is 5.32 Å². The fourth-order valence-electron chi connectivity index (χ4n) is 1.90. The Morgan fingerprint density at radius 2 is 1.36 bits per heavy atom. The first kappa shape index (κ1) is 18.4. The van der Waals surface area contributed by atoms with Crippen molar-refractivity contribution in [2.45, 2.75) is 6.92 Å². The predicted octanol–water partition coefficient (Wildman–Crippen LogP) is 3.81. The second-order valence-corrected chi connectivity index (χ2v) is 4.70. The van der Waals surface area contributed by atoms with Crippen LogP contribution in [0.1, 0.15) is 27.6 Å². The van der Waals surface area contributed by atoms with E-state index in [4.69, 9.17) is 4.74 Å². The summed E-state index contributed by atoms with van der Waals surface area (Å²) in [6.45, 7) is 1.76. The zero-order valence-corrected chi connectivity index (χ0v) is 12.6. The standard InChI is InChI=1S/C16H10F5NO3/c1-2-25-16(24)7-3-5-8(6-4-7)22-15(23)9-10(17)12(19)14(21)13(20)11(9)18/h3-6H,2H2,1H3,(H,22,23). The van der Waals surface area contributed by atoms with Gasteiger partial charge in [-0.05, 0) is 31.2 Å². The molecule has 0 radical (unpaired) electrons. The van der Waals surface area contributed by atoms with Crippen LogP contribution in [0, 0.1) is 29.1 Å². The Labute approximate surface area is 138 Å². The quantitative estimate of drug-likeness (QED) is 0.391. The van der Waals surface area contributed by atoms with Crippen LogP contribution in [0.25, 0.3) is 0 Å². The van der Waals surface area contributed by atoms with Crippen molar-refractivity contribution in [2.24, 2.45) is 0 Å². The molecule has 2 rings (SSSR count). The minimum atomic E-state index is -2.36. The molecule has 0 fully saturated rings. The van der Waals surface area contributed by atoms with Gasteiger partial charge in [0.25, 0.3) is 5.91 Å². The first-order valence-electron chi connectivity index (χ1n) is 6.87. The van der Waals surface area contributed by atoms with E-state index in [1.807, 2.05) is 5.32 Å². The largest absolute Gasteiger partial charge is 0.462 e. The fraction of sp³-hybridized carbons (Fsp3) is 0.125. The van der Waals surface area contributed by atoms with Gasteiger partial charge >= 0.3 is 5.97 Å². The number of rotatable bonds is 4. The molecule has 0 unspecified atom stereocenters. The minimum absolute atomic E-state index is 0.0259. The summed E-state index contributed by atoms with van der Waals surface area (Å²) in [7, 11) is 0. The summed E-state index contributed by atoms with van der Waals surface area (Å²) >= 11 is 0. The fourth-order valence-corrected chi connectivity index (χ4v) is 1.90. The van der Waals surface area contributed by atoms with E-state index >= 15 is 0 Å². The van der Waals surface area contributed by atoms with Gasteiger partial charge in [0.05, 0.1) is 12.2 Å². The number of carbonyl (C=O) groups is 2. The Bertz CT molecular complexity index is 808. The summed E-state index contributed by atoms with van der Waals surface area (Å²) < 4.78 is 71.1. The third-order valence-electron chi connectivity index (χ3n) is 3.09. The summed E-state index contributed by atoms with van der Waals surface area (Å²) in [5, 5.41) is 1.99. The third-order valence-corrected chi connectivity index (χ3v) is 3.09. The molecule has 0 aromatic heterocycles. The second-order valence-electron chi connectivity index (χ2n) is 4.70. The Balaban J connectivity index is 2.28. The Morgan fingerprint density at radius 1 is 0.880 bits per heavy atom. The predicted molar refractivity (Wildman–Crippen MR) is 76.6 cm³/mol. The van der Waals surface area contributed by atoms with Crippen molar-refractivity contribution in [2.75, 3.05) is 11.9 Å². The molecular formula is C16H10F5NO3. The monoisotopic (exact) mass is 359 g/mol. The number of nitrogens with one attached hydrogen (secondary N) is 1. The number of halogens is 5. The highest BCUT2D eigenvalue weighted by Gasteiger charge is 2.29. The van der Waals surface area contributed by atoms with Gasteiger partial charge in [-0.25, -0.2) is 26.7 Å². The molecule has 0 saturated heterocycles. The van der Waals surface area contributed by atoms with Crippen LogP contribution in [0.2, 0.25) is 0 Å². The van der Waals surface area contributed by atoms with Crippen molar-refractivity contribution in [1.29, 1.82) is 0 Å². The van der Waals surface area contributed by atoms with Crippen LogP contribution in [-0.4, -0.2) is 18.5 Å². The lowest BCUT2D eigenvalue weighted by Gasteiger charge is -2.09. The van der Waals surface area contributed by atoms with E-state index in [1.54, 1.807) is 6.92 Å². The van der Waals surface area contributed by atoms with Crippen LogP contribution in [0.5, 0.6) is 0 Å². The van der Waals surface area contributed by atoms with Gasteiger partial charge in [-0.1, -0.05) is 0 Å². The van der Waals surface area contributed by atoms with Gasteiger partial charge in [0, 0.05) is 5.69 Å². The number of anilines is 1. The van der Waals surface area contributed by atoms with E-state index in [1.165, 1.54) is 24.3 Å². The van der Waals surface area contributed by atoms with Crippen LogP contribution in [0.15, 0.2) is 24.3 Å². The summed E-state index contributed by atoms with van der Waals surface area (Å²) in [6.07, 6.45) is 0. The first-order valence-corrected chi connectivity index (χ1v) is 6.87. The molecule has 4 nitrogen and oxygen atoms in total. The maximum absolute atomic E-state index is 13.6. The Kier molecular flexibility index (Phi) is 5.35. The van der Waals surface area contributed by atoms with Crippen molar-refractivity contribution in [3.63, 3.8) is 0 Å². The summed E-state index contributed by atoms with van der Waals surface area (Å²) in [4.78, 5) is 23.3. The van der Waals surface area contributed by atoms with Gasteiger partial charge in [-0.15, -0.1) is 0 Å². The number of hydrogen-bond acceptors (Lipinski definition) is 3. The van der Waals surface area contributed by atoms with Crippen molar-refractivity contribution >= 4 is 17.6 Å². The molecule has 1 amide bonds. The maximum atomic E-state index is 13.6. The molecular weight excluding hydrogens is 349 g/mol. The van der Waals surface area contributed by atoms with E-state index in [2.05, 4.69) is 0 Å². The molecule has 0 aliphatic heterocycles. The Hall–Kier alpha value is -2.97. The van der Waals surface area contributed by atoms with Gasteiger partial charge in [-0.2, -0.15) is 0 Å². The molecule has 0 heterocycles. The third kappa shape index (κ3) is 3.59. The van der Waals surface area contributed by atoms with Crippen molar-refractivity contribution < 1.29 is 36.3 Å². The molecule has 0 aliphatic carbocycles. The van der Waals surface area contributed by atoms with E-state index in [0.717, 1.165) is 0 Å². The molecule has 0 atom stereocenters. The van der Waals surface area contributed by atoms with Crippen LogP contribution in [0.3, 0.4) is 0 Å². The van der Waals surface area contributed by atoms with E-state index < -0.39 is 46.5 Å². The smallest absolute Gasteiger partial charge is 0.338 e. The van der Waals surface area contributed by atoms with Gasteiger partial charge in [0.15, 0.2) is 23.3 Å². The highest BCUT2D eigenvalue weighted by molar-refractivity contribution is 6.05. The van der Waals surface area contributed by atoms with E-state index in [-0.39, 0.29) is 17.9 Å². The highest BCUT2D eigenvalue weighted by atomic mass is 19.2. The number of benzene rings is 2. The average Bonchev–Trinajstić information content (AvgIpc) is 2.59. The van der Waals surface area contributed by atoms with E-state index in [0.29, 0.717) is 0 Å². The summed E-state index contributed by atoms with van der Waals surface area (Å²) in [6, 6.07) is 4.92.